The molecule has 1 aromatic heterocycles. The van der Waals surface area contributed by atoms with E-state index in [9.17, 15) is 4.39 Å². The van der Waals surface area contributed by atoms with Gasteiger partial charge in [-0.1, -0.05) is 33.8 Å². The van der Waals surface area contributed by atoms with E-state index in [2.05, 4.69) is 10.1 Å². The number of hydrogen-bond donors (Lipinski definition) is 0. The highest BCUT2D eigenvalue weighted by molar-refractivity contribution is 5.56. The van der Waals surface area contributed by atoms with Gasteiger partial charge in [-0.05, 0) is 23.6 Å². The van der Waals surface area contributed by atoms with Gasteiger partial charge in [-0.15, -0.1) is 0 Å². The fourth-order valence-electron chi connectivity index (χ4n) is 2.09. The maximum atomic E-state index is 14.1. The molecule has 0 aliphatic rings. The van der Waals surface area contributed by atoms with Crippen molar-refractivity contribution in [3.8, 4) is 11.4 Å². The molecular formula is C15H20FN3. The van der Waals surface area contributed by atoms with Gasteiger partial charge in [-0.25, -0.2) is 9.37 Å². The van der Waals surface area contributed by atoms with Crippen molar-refractivity contribution >= 4 is 0 Å². The molecule has 0 fully saturated rings. The first-order valence-corrected chi connectivity index (χ1v) is 6.61. The van der Waals surface area contributed by atoms with Crippen LogP contribution in [0.4, 0.5) is 4.39 Å². The Labute approximate surface area is 113 Å². The van der Waals surface area contributed by atoms with Crippen molar-refractivity contribution in [3.63, 3.8) is 0 Å². The Kier molecular flexibility index (Phi) is 3.69. The molecule has 0 spiro atoms. The summed E-state index contributed by atoms with van der Waals surface area (Å²) < 4.78 is 15.9. The molecule has 1 aromatic carbocycles. The molecule has 0 aliphatic heterocycles. The van der Waals surface area contributed by atoms with E-state index >= 15 is 0 Å². The minimum Gasteiger partial charge on any atom is -0.252 e. The molecule has 0 N–H and O–H groups in total. The Morgan fingerprint density at radius 1 is 1.11 bits per heavy atom. The van der Waals surface area contributed by atoms with Crippen molar-refractivity contribution in [1.29, 1.82) is 0 Å². The SMILES string of the molecule is CC(C)c1ccc(-c2nc(C(C)C)n(C)n2)c(F)c1. The summed E-state index contributed by atoms with van der Waals surface area (Å²) in [6.07, 6.45) is 0. The fraction of sp³-hybridized carbons (Fsp3) is 0.467. The Morgan fingerprint density at radius 2 is 1.79 bits per heavy atom. The maximum Gasteiger partial charge on any atom is 0.184 e. The third-order valence-electron chi connectivity index (χ3n) is 3.21. The molecule has 0 atom stereocenters. The lowest BCUT2D eigenvalue weighted by Gasteiger charge is -2.06. The minimum absolute atomic E-state index is 0.257. The highest BCUT2D eigenvalue weighted by atomic mass is 19.1. The molecule has 0 aliphatic carbocycles. The van der Waals surface area contributed by atoms with E-state index in [0.717, 1.165) is 11.4 Å². The number of benzene rings is 1. The van der Waals surface area contributed by atoms with E-state index in [1.54, 1.807) is 16.8 Å². The molecule has 102 valence electrons. The Balaban J connectivity index is 2.45. The maximum absolute atomic E-state index is 14.1. The summed E-state index contributed by atoms with van der Waals surface area (Å²) in [6, 6.07) is 5.28. The summed E-state index contributed by atoms with van der Waals surface area (Å²) in [5.41, 5.74) is 1.45. The highest BCUT2D eigenvalue weighted by Crippen LogP contribution is 2.25. The first kappa shape index (κ1) is 13.7. The lowest BCUT2D eigenvalue weighted by atomic mass is 10.0. The second-order valence-electron chi connectivity index (χ2n) is 5.47. The summed E-state index contributed by atoms with van der Waals surface area (Å²) in [7, 11) is 1.84. The van der Waals surface area contributed by atoms with Gasteiger partial charge in [0.25, 0.3) is 0 Å². The van der Waals surface area contributed by atoms with Crippen LogP contribution >= 0.6 is 0 Å². The predicted molar refractivity (Wildman–Crippen MR) is 74.6 cm³/mol. The quantitative estimate of drug-likeness (QED) is 0.839. The summed E-state index contributed by atoms with van der Waals surface area (Å²) >= 11 is 0. The van der Waals surface area contributed by atoms with Gasteiger partial charge in [0.2, 0.25) is 0 Å². The Bertz CT molecular complexity index is 585. The van der Waals surface area contributed by atoms with Gasteiger partial charge in [0.05, 0.1) is 5.56 Å². The van der Waals surface area contributed by atoms with Crippen LogP contribution < -0.4 is 0 Å². The van der Waals surface area contributed by atoms with Crippen molar-refractivity contribution in [3.05, 3.63) is 35.4 Å². The molecule has 19 heavy (non-hydrogen) atoms. The van der Waals surface area contributed by atoms with Gasteiger partial charge in [0.1, 0.15) is 11.6 Å². The first-order valence-electron chi connectivity index (χ1n) is 6.61. The molecule has 0 saturated carbocycles. The van der Waals surface area contributed by atoms with Crippen molar-refractivity contribution in [1.82, 2.24) is 14.8 Å². The van der Waals surface area contributed by atoms with Crippen molar-refractivity contribution < 1.29 is 4.39 Å². The van der Waals surface area contributed by atoms with Crippen LogP contribution in [0.25, 0.3) is 11.4 Å². The number of hydrogen-bond acceptors (Lipinski definition) is 2. The van der Waals surface area contributed by atoms with Crippen molar-refractivity contribution in [2.75, 3.05) is 0 Å². The third-order valence-corrected chi connectivity index (χ3v) is 3.21. The van der Waals surface area contributed by atoms with Crippen LogP contribution in [0.1, 0.15) is 50.9 Å². The van der Waals surface area contributed by atoms with Gasteiger partial charge in [-0.3, -0.25) is 4.68 Å². The lowest BCUT2D eigenvalue weighted by molar-refractivity contribution is 0.624. The predicted octanol–water partition coefficient (Wildman–Crippen LogP) is 3.87. The highest BCUT2D eigenvalue weighted by Gasteiger charge is 2.15. The molecule has 1 heterocycles. The van der Waals surface area contributed by atoms with Gasteiger partial charge in [0.15, 0.2) is 5.82 Å². The summed E-state index contributed by atoms with van der Waals surface area (Å²) in [4.78, 5) is 4.43. The van der Waals surface area contributed by atoms with E-state index in [0.29, 0.717) is 17.3 Å². The molecule has 0 bridgehead atoms. The average molecular weight is 261 g/mol. The Hall–Kier alpha value is -1.71. The van der Waals surface area contributed by atoms with E-state index in [1.165, 1.54) is 0 Å². The van der Waals surface area contributed by atoms with E-state index in [-0.39, 0.29) is 11.7 Å². The molecule has 0 radical (unpaired) electrons. The third kappa shape index (κ3) is 2.67. The van der Waals surface area contributed by atoms with Gasteiger partial charge in [0, 0.05) is 13.0 Å². The molecule has 2 aromatic rings. The van der Waals surface area contributed by atoms with E-state index < -0.39 is 0 Å². The number of rotatable bonds is 3. The summed E-state index contributed by atoms with van der Waals surface area (Å²) in [5, 5.41) is 4.30. The molecule has 0 amide bonds. The van der Waals surface area contributed by atoms with Crippen molar-refractivity contribution in [2.24, 2.45) is 7.05 Å². The van der Waals surface area contributed by atoms with Gasteiger partial charge >= 0.3 is 0 Å². The van der Waals surface area contributed by atoms with Crippen LogP contribution in [-0.4, -0.2) is 14.8 Å². The second-order valence-corrected chi connectivity index (χ2v) is 5.47. The number of nitrogens with zero attached hydrogens (tertiary/aromatic N) is 3. The van der Waals surface area contributed by atoms with Crippen LogP contribution in [0.15, 0.2) is 18.2 Å². The molecule has 0 unspecified atom stereocenters. The van der Waals surface area contributed by atoms with E-state index in [4.69, 9.17) is 0 Å². The van der Waals surface area contributed by atoms with Crippen LogP contribution in [0.5, 0.6) is 0 Å². The minimum atomic E-state index is -0.257. The Morgan fingerprint density at radius 3 is 2.26 bits per heavy atom. The zero-order valence-corrected chi connectivity index (χ0v) is 12.1. The van der Waals surface area contributed by atoms with Crippen molar-refractivity contribution in [2.45, 2.75) is 39.5 Å². The fourth-order valence-corrected chi connectivity index (χ4v) is 2.09. The topological polar surface area (TPSA) is 30.7 Å². The lowest BCUT2D eigenvalue weighted by Crippen LogP contribution is -2.00. The molecule has 2 rings (SSSR count). The van der Waals surface area contributed by atoms with Crippen LogP contribution in [0, 0.1) is 5.82 Å². The van der Waals surface area contributed by atoms with Crippen LogP contribution in [0.3, 0.4) is 0 Å². The number of aromatic nitrogens is 3. The standard InChI is InChI=1S/C15H20FN3/c1-9(2)11-6-7-12(13(16)8-11)14-17-15(10(3)4)19(5)18-14/h6-10H,1-5H3. The smallest absolute Gasteiger partial charge is 0.184 e. The largest absolute Gasteiger partial charge is 0.252 e. The van der Waals surface area contributed by atoms with Gasteiger partial charge < -0.3 is 0 Å². The average Bonchev–Trinajstić information content (AvgIpc) is 2.71. The first-order chi connectivity index (χ1) is 8.90. The summed E-state index contributed by atoms with van der Waals surface area (Å²) in [5.74, 6) is 1.64. The summed E-state index contributed by atoms with van der Waals surface area (Å²) in [6.45, 7) is 8.19. The monoisotopic (exact) mass is 261 g/mol. The molecule has 0 saturated heterocycles. The zero-order chi connectivity index (χ0) is 14.2. The molecular weight excluding hydrogens is 241 g/mol. The number of aryl methyl sites for hydroxylation is 1. The normalized spacial score (nSPS) is 11.6. The molecule has 3 nitrogen and oxygen atoms in total. The van der Waals surface area contributed by atoms with Crippen LogP contribution in [-0.2, 0) is 7.05 Å². The molecule has 4 heteroatoms. The zero-order valence-electron chi connectivity index (χ0n) is 12.1. The number of halogens is 1. The van der Waals surface area contributed by atoms with Gasteiger partial charge in [-0.2, -0.15) is 5.10 Å². The second kappa shape index (κ2) is 5.11. The van der Waals surface area contributed by atoms with E-state index in [1.807, 2.05) is 40.8 Å². The van der Waals surface area contributed by atoms with Crippen LogP contribution in [0.2, 0.25) is 0 Å².